The van der Waals surface area contributed by atoms with Gasteiger partial charge in [0.25, 0.3) is 0 Å². The van der Waals surface area contributed by atoms with Crippen LogP contribution in [0.5, 0.6) is 0 Å². The van der Waals surface area contributed by atoms with Crippen LogP contribution in [-0.2, 0) is 6.42 Å². The van der Waals surface area contributed by atoms with E-state index >= 15 is 0 Å². The van der Waals surface area contributed by atoms with Crippen LogP contribution < -0.4 is 0 Å². The highest BCUT2D eigenvalue weighted by atomic mass is 35.5. The summed E-state index contributed by atoms with van der Waals surface area (Å²) in [6.45, 7) is 0. The van der Waals surface area contributed by atoms with Crippen molar-refractivity contribution < 1.29 is 13.6 Å². The summed E-state index contributed by atoms with van der Waals surface area (Å²) in [5.41, 5.74) is 0.331. The van der Waals surface area contributed by atoms with E-state index in [1.54, 1.807) is 0 Å². The van der Waals surface area contributed by atoms with Gasteiger partial charge < -0.3 is 0 Å². The third kappa shape index (κ3) is 2.90. The van der Waals surface area contributed by atoms with E-state index in [0.29, 0.717) is 5.56 Å². The van der Waals surface area contributed by atoms with E-state index in [9.17, 15) is 13.6 Å². The van der Waals surface area contributed by atoms with E-state index in [1.165, 1.54) is 18.3 Å². The molecule has 0 saturated heterocycles. The Balaban J connectivity index is 2.21. The van der Waals surface area contributed by atoms with Gasteiger partial charge in [-0.25, -0.2) is 13.8 Å². The van der Waals surface area contributed by atoms with E-state index in [4.69, 9.17) is 11.6 Å². The van der Waals surface area contributed by atoms with Crippen LogP contribution >= 0.6 is 11.6 Å². The molecule has 1 aromatic carbocycles. The summed E-state index contributed by atoms with van der Waals surface area (Å²) in [6, 6.07) is 5.98. The average Bonchev–Trinajstić information content (AvgIpc) is 2.34. The van der Waals surface area contributed by atoms with Crippen molar-refractivity contribution >= 4 is 17.4 Å². The van der Waals surface area contributed by atoms with E-state index in [1.807, 2.05) is 0 Å². The molecule has 0 bridgehead atoms. The van der Waals surface area contributed by atoms with Crippen molar-refractivity contribution in [3.8, 4) is 0 Å². The summed E-state index contributed by atoms with van der Waals surface area (Å²) in [6.07, 6.45) is 1.09. The Hall–Kier alpha value is -1.81. The molecule has 2 nitrogen and oxygen atoms in total. The van der Waals surface area contributed by atoms with Gasteiger partial charge in [-0.15, -0.1) is 0 Å². The Labute approximate surface area is 107 Å². The number of carbonyl (C=O) groups is 1. The molecule has 92 valence electrons. The van der Waals surface area contributed by atoms with E-state index < -0.39 is 11.6 Å². The summed E-state index contributed by atoms with van der Waals surface area (Å²) in [4.78, 5) is 15.6. The third-order valence-corrected chi connectivity index (χ3v) is 2.63. The van der Waals surface area contributed by atoms with Crippen molar-refractivity contribution in [2.45, 2.75) is 6.42 Å². The van der Waals surface area contributed by atoms with Crippen LogP contribution in [0.4, 0.5) is 8.78 Å². The number of halogens is 3. The van der Waals surface area contributed by atoms with Crippen LogP contribution in [0, 0.1) is 11.6 Å². The standard InChI is InChI=1S/C13H8ClF2NO/c14-13-4-1-8(7-17-13)12(18)6-9-5-10(15)2-3-11(9)16/h1-5,7H,6H2. The molecule has 0 atom stereocenters. The Morgan fingerprint density at radius 3 is 2.67 bits per heavy atom. The van der Waals surface area contributed by atoms with Crippen LogP contribution in [0.15, 0.2) is 36.5 Å². The number of Topliss-reactive ketones (excluding diaryl/α,β-unsaturated/α-hetero) is 1. The molecule has 2 rings (SSSR count). The fraction of sp³-hybridized carbons (Fsp3) is 0.0769. The zero-order chi connectivity index (χ0) is 13.1. The summed E-state index contributed by atoms with van der Waals surface area (Å²) in [5.74, 6) is -1.52. The molecule has 0 aliphatic rings. The van der Waals surface area contributed by atoms with Crippen molar-refractivity contribution in [3.63, 3.8) is 0 Å². The summed E-state index contributed by atoms with van der Waals surface area (Å²) in [5, 5.41) is 0.267. The van der Waals surface area contributed by atoms with Crippen LogP contribution in [0.2, 0.25) is 5.15 Å². The molecule has 5 heteroatoms. The molecule has 0 spiro atoms. The highest BCUT2D eigenvalue weighted by Crippen LogP contribution is 2.14. The zero-order valence-electron chi connectivity index (χ0n) is 9.16. The quantitative estimate of drug-likeness (QED) is 0.630. The SMILES string of the molecule is O=C(Cc1cc(F)ccc1F)c1ccc(Cl)nc1. The smallest absolute Gasteiger partial charge is 0.168 e. The van der Waals surface area contributed by atoms with Crippen molar-refractivity contribution in [1.82, 2.24) is 4.98 Å². The fourth-order valence-electron chi connectivity index (χ4n) is 1.49. The van der Waals surface area contributed by atoms with Crippen LogP contribution in [0.3, 0.4) is 0 Å². The second-order valence-electron chi connectivity index (χ2n) is 3.71. The van der Waals surface area contributed by atoms with Gasteiger partial charge in [0.2, 0.25) is 0 Å². The number of benzene rings is 1. The van der Waals surface area contributed by atoms with Crippen molar-refractivity contribution in [2.75, 3.05) is 0 Å². The molecule has 0 radical (unpaired) electrons. The van der Waals surface area contributed by atoms with Gasteiger partial charge in [0, 0.05) is 18.2 Å². The highest BCUT2D eigenvalue weighted by molar-refractivity contribution is 6.29. The molecule has 2 aromatic rings. The second kappa shape index (κ2) is 5.23. The van der Waals surface area contributed by atoms with Crippen molar-refractivity contribution in [2.24, 2.45) is 0 Å². The Kier molecular flexibility index (Phi) is 3.67. The average molecular weight is 268 g/mol. The molecule has 0 unspecified atom stereocenters. The van der Waals surface area contributed by atoms with Gasteiger partial charge in [-0.3, -0.25) is 4.79 Å². The van der Waals surface area contributed by atoms with Gasteiger partial charge in [0.05, 0.1) is 0 Å². The lowest BCUT2D eigenvalue weighted by Gasteiger charge is -2.03. The van der Waals surface area contributed by atoms with Crippen molar-refractivity contribution in [1.29, 1.82) is 0 Å². The maximum Gasteiger partial charge on any atom is 0.168 e. The van der Waals surface area contributed by atoms with E-state index in [0.717, 1.165) is 18.2 Å². The number of hydrogen-bond acceptors (Lipinski definition) is 2. The van der Waals surface area contributed by atoms with Gasteiger partial charge in [0.1, 0.15) is 16.8 Å². The molecule has 0 aliphatic carbocycles. The Morgan fingerprint density at radius 2 is 2.00 bits per heavy atom. The minimum atomic E-state index is -0.605. The number of pyridine rings is 1. The maximum atomic E-state index is 13.4. The predicted octanol–water partition coefficient (Wildman–Crippen LogP) is 3.44. The topological polar surface area (TPSA) is 30.0 Å². The van der Waals surface area contributed by atoms with Gasteiger partial charge in [0.15, 0.2) is 5.78 Å². The number of ketones is 1. The summed E-state index contributed by atoms with van der Waals surface area (Å²) < 4.78 is 26.3. The first-order valence-electron chi connectivity index (χ1n) is 5.15. The normalized spacial score (nSPS) is 10.4. The van der Waals surface area contributed by atoms with Gasteiger partial charge >= 0.3 is 0 Å². The van der Waals surface area contributed by atoms with Crippen LogP contribution in [0.25, 0.3) is 0 Å². The molecule has 0 N–H and O–H groups in total. The fourth-order valence-corrected chi connectivity index (χ4v) is 1.61. The second-order valence-corrected chi connectivity index (χ2v) is 4.09. The number of rotatable bonds is 3. The minimum Gasteiger partial charge on any atom is -0.294 e. The largest absolute Gasteiger partial charge is 0.294 e. The third-order valence-electron chi connectivity index (χ3n) is 2.41. The van der Waals surface area contributed by atoms with E-state index in [2.05, 4.69) is 4.98 Å². The van der Waals surface area contributed by atoms with Crippen LogP contribution in [-0.4, -0.2) is 10.8 Å². The zero-order valence-corrected chi connectivity index (χ0v) is 9.92. The van der Waals surface area contributed by atoms with Crippen LogP contribution in [0.1, 0.15) is 15.9 Å². The van der Waals surface area contributed by atoms with Gasteiger partial charge in [-0.2, -0.15) is 0 Å². The first-order valence-corrected chi connectivity index (χ1v) is 5.53. The first kappa shape index (κ1) is 12.6. The lowest BCUT2D eigenvalue weighted by molar-refractivity contribution is 0.0991. The number of nitrogens with zero attached hydrogens (tertiary/aromatic N) is 1. The molecule has 0 fully saturated rings. The lowest BCUT2D eigenvalue weighted by Crippen LogP contribution is -2.06. The van der Waals surface area contributed by atoms with Crippen molar-refractivity contribution in [3.05, 3.63) is 64.4 Å². The molecule has 0 amide bonds. The minimum absolute atomic E-state index is 0.0231. The number of aromatic nitrogens is 1. The molecule has 18 heavy (non-hydrogen) atoms. The molecule has 1 aromatic heterocycles. The monoisotopic (exact) mass is 267 g/mol. The molecule has 0 saturated carbocycles. The molecule has 1 heterocycles. The number of hydrogen-bond donors (Lipinski definition) is 0. The predicted molar refractivity (Wildman–Crippen MR) is 63.6 cm³/mol. The molecule has 0 aliphatic heterocycles. The molecular formula is C13H8ClF2NO. The molecular weight excluding hydrogens is 260 g/mol. The summed E-state index contributed by atoms with van der Waals surface area (Å²) in [7, 11) is 0. The highest BCUT2D eigenvalue weighted by Gasteiger charge is 2.11. The number of carbonyl (C=O) groups excluding carboxylic acids is 1. The maximum absolute atomic E-state index is 13.4. The Morgan fingerprint density at radius 1 is 1.22 bits per heavy atom. The summed E-state index contributed by atoms with van der Waals surface area (Å²) >= 11 is 5.59. The lowest BCUT2D eigenvalue weighted by atomic mass is 10.0. The van der Waals surface area contributed by atoms with Gasteiger partial charge in [-0.1, -0.05) is 11.6 Å². The Bertz CT molecular complexity index is 584. The first-order chi connectivity index (χ1) is 8.56. The van der Waals surface area contributed by atoms with Gasteiger partial charge in [-0.05, 0) is 35.9 Å². The van der Waals surface area contributed by atoms with E-state index in [-0.39, 0.29) is 22.9 Å².